The van der Waals surface area contributed by atoms with E-state index < -0.39 is 5.79 Å². The van der Waals surface area contributed by atoms with Crippen molar-refractivity contribution >= 4 is 11.9 Å². The Bertz CT molecular complexity index is 965. The Kier molecular flexibility index (Phi) is 6.15. The van der Waals surface area contributed by atoms with Crippen LogP contribution in [0.15, 0.2) is 12.2 Å². The number of hydrogen-bond acceptors (Lipinski definition) is 6. The fraction of sp³-hybridized carbons (Fsp3) is 0.871. The van der Waals surface area contributed by atoms with Gasteiger partial charge in [-0.25, -0.2) is 0 Å². The number of ether oxygens (including phenoxy) is 4. The first-order valence-electron chi connectivity index (χ1n) is 14.8. The van der Waals surface area contributed by atoms with Gasteiger partial charge in [-0.15, -0.1) is 0 Å². The van der Waals surface area contributed by atoms with Crippen LogP contribution in [0.3, 0.4) is 0 Å². The van der Waals surface area contributed by atoms with Crippen molar-refractivity contribution in [3.8, 4) is 0 Å². The molecule has 0 aromatic carbocycles. The van der Waals surface area contributed by atoms with Crippen LogP contribution >= 0.6 is 0 Å². The van der Waals surface area contributed by atoms with Gasteiger partial charge in [-0.1, -0.05) is 32.9 Å². The fourth-order valence-electron chi connectivity index (χ4n) is 10.8. The van der Waals surface area contributed by atoms with Gasteiger partial charge in [-0.2, -0.15) is 0 Å². The smallest absolute Gasteiger partial charge is 0.302 e. The summed E-state index contributed by atoms with van der Waals surface area (Å²) in [5.41, 5.74) is 1.35. The molecule has 0 bridgehead atoms. The van der Waals surface area contributed by atoms with Crippen molar-refractivity contribution < 1.29 is 28.5 Å². The van der Waals surface area contributed by atoms with Crippen molar-refractivity contribution in [1.29, 1.82) is 0 Å². The molecule has 2 saturated heterocycles. The molecule has 2 aliphatic heterocycles. The van der Waals surface area contributed by atoms with Crippen molar-refractivity contribution in [3.05, 3.63) is 12.2 Å². The summed E-state index contributed by atoms with van der Waals surface area (Å²) >= 11 is 0. The molecule has 0 amide bonds. The van der Waals surface area contributed by atoms with E-state index in [4.69, 9.17) is 18.9 Å². The second kappa shape index (κ2) is 8.81. The van der Waals surface area contributed by atoms with E-state index in [1.165, 1.54) is 38.7 Å². The molecule has 4 saturated carbocycles. The molecular formula is C31H46O6. The maximum atomic E-state index is 12.2. The molecule has 6 aliphatic rings. The molecular weight excluding hydrogens is 468 g/mol. The third-order valence-corrected chi connectivity index (χ3v) is 12.3. The lowest BCUT2D eigenvalue weighted by molar-refractivity contribution is -0.257. The van der Waals surface area contributed by atoms with Gasteiger partial charge >= 0.3 is 11.9 Å². The van der Waals surface area contributed by atoms with Gasteiger partial charge in [-0.3, -0.25) is 9.59 Å². The summed E-state index contributed by atoms with van der Waals surface area (Å²) in [4.78, 5) is 24.0. The number of carbonyl (C=O) groups excluding carboxylic acids is 2. The first kappa shape index (κ1) is 25.9. The second-order valence-electron chi connectivity index (χ2n) is 13.9. The number of fused-ring (bicyclic) bond motifs is 7. The quantitative estimate of drug-likeness (QED) is 0.341. The van der Waals surface area contributed by atoms with Crippen LogP contribution < -0.4 is 0 Å². The van der Waals surface area contributed by atoms with Crippen molar-refractivity contribution in [2.24, 2.45) is 46.3 Å². The predicted octanol–water partition coefficient (Wildman–Crippen LogP) is 5.83. The molecule has 12 atom stereocenters. The highest BCUT2D eigenvalue weighted by Crippen LogP contribution is 2.71. The van der Waals surface area contributed by atoms with Gasteiger partial charge in [0.2, 0.25) is 0 Å². The molecule has 0 N–H and O–H groups in total. The lowest BCUT2D eigenvalue weighted by Crippen LogP contribution is -2.60. The number of carbonyl (C=O) groups is 2. The van der Waals surface area contributed by atoms with Crippen LogP contribution in [0.25, 0.3) is 0 Å². The molecule has 0 aromatic heterocycles. The zero-order chi connectivity index (χ0) is 26.3. The lowest BCUT2D eigenvalue weighted by Gasteiger charge is -2.62. The van der Waals surface area contributed by atoms with Gasteiger partial charge in [0.1, 0.15) is 12.2 Å². The maximum Gasteiger partial charge on any atom is 0.302 e. The van der Waals surface area contributed by atoms with Gasteiger partial charge < -0.3 is 18.9 Å². The summed E-state index contributed by atoms with van der Waals surface area (Å²) in [6, 6.07) is 0. The van der Waals surface area contributed by atoms with Crippen molar-refractivity contribution in [1.82, 2.24) is 0 Å². The van der Waals surface area contributed by atoms with E-state index in [9.17, 15) is 9.59 Å². The molecule has 6 nitrogen and oxygen atoms in total. The normalized spacial score (nSPS) is 52.6. The van der Waals surface area contributed by atoms with Crippen LogP contribution in [-0.4, -0.2) is 42.6 Å². The molecule has 6 rings (SSSR count). The third kappa shape index (κ3) is 3.78. The Balaban J connectivity index is 1.26. The number of hydrogen-bond donors (Lipinski definition) is 0. The molecule has 206 valence electrons. The third-order valence-electron chi connectivity index (χ3n) is 12.3. The highest BCUT2D eigenvalue weighted by atomic mass is 16.7. The van der Waals surface area contributed by atoms with E-state index in [1.54, 1.807) is 0 Å². The highest BCUT2D eigenvalue weighted by Gasteiger charge is 2.70. The first-order valence-corrected chi connectivity index (χ1v) is 14.8. The molecule has 2 heterocycles. The Labute approximate surface area is 222 Å². The van der Waals surface area contributed by atoms with Gasteiger partial charge in [0.25, 0.3) is 0 Å². The highest BCUT2D eigenvalue weighted by molar-refractivity contribution is 5.67. The summed E-state index contributed by atoms with van der Waals surface area (Å²) in [5.74, 6) is 2.18. The zero-order valence-electron chi connectivity index (χ0n) is 23.4. The van der Waals surface area contributed by atoms with Crippen LogP contribution in [0, 0.1) is 46.3 Å². The largest absolute Gasteiger partial charge is 0.462 e. The molecule has 37 heavy (non-hydrogen) atoms. The first-order chi connectivity index (χ1) is 17.5. The molecule has 4 aliphatic carbocycles. The lowest BCUT2D eigenvalue weighted by atomic mass is 9.43. The topological polar surface area (TPSA) is 71.1 Å². The minimum Gasteiger partial charge on any atom is -0.462 e. The van der Waals surface area contributed by atoms with Crippen LogP contribution in [0.2, 0.25) is 0 Å². The van der Waals surface area contributed by atoms with Crippen molar-refractivity contribution in [2.45, 2.75) is 117 Å². The van der Waals surface area contributed by atoms with Crippen LogP contribution in [0.1, 0.15) is 92.4 Å². The van der Waals surface area contributed by atoms with Gasteiger partial charge in [-0.05, 0) is 80.0 Å². The maximum absolute atomic E-state index is 12.2. The molecule has 6 heteroatoms. The minimum atomic E-state index is -0.430. The number of esters is 2. The van der Waals surface area contributed by atoms with E-state index in [0.717, 1.165) is 32.1 Å². The van der Waals surface area contributed by atoms with E-state index >= 15 is 0 Å². The van der Waals surface area contributed by atoms with Crippen molar-refractivity contribution in [3.63, 3.8) is 0 Å². The fourth-order valence-corrected chi connectivity index (χ4v) is 10.8. The van der Waals surface area contributed by atoms with E-state index in [0.29, 0.717) is 48.5 Å². The van der Waals surface area contributed by atoms with Crippen LogP contribution in [0.5, 0.6) is 0 Å². The average molecular weight is 515 g/mol. The Morgan fingerprint density at radius 1 is 0.973 bits per heavy atom. The Hall–Kier alpha value is -1.40. The Morgan fingerprint density at radius 2 is 1.73 bits per heavy atom. The summed E-state index contributed by atoms with van der Waals surface area (Å²) in [6.45, 7) is 15.1. The van der Waals surface area contributed by atoms with Crippen LogP contribution in [0.4, 0.5) is 0 Å². The summed E-state index contributed by atoms with van der Waals surface area (Å²) < 4.78 is 25.0. The minimum absolute atomic E-state index is 0.0786. The molecule has 1 spiro atoms. The van der Waals surface area contributed by atoms with Gasteiger partial charge in [0, 0.05) is 38.0 Å². The van der Waals surface area contributed by atoms with E-state index in [1.807, 2.05) is 0 Å². The standard InChI is InChI=1S/C31H46O6/c1-17-9-12-31(34-16-17)18(2)28-26(37-31)15-25-23-8-7-21-13-22(35-19(3)32)14-27(36-20(4)33)30(21,6)24(23)10-11-29(25,28)5/h18,21-28H,1,7-16H2,2-6H3/t18-,21+,22+,23+,24-,25-,26-,27+,28-,29-,30-,31+/m0/s1. The zero-order valence-corrected chi connectivity index (χ0v) is 23.4. The molecule has 0 radical (unpaired) electrons. The van der Waals surface area contributed by atoms with E-state index in [2.05, 4.69) is 27.4 Å². The SMILES string of the molecule is C=C1CC[C@@]2(OC1)O[C@H]1C[C@H]3[C@@H]4CC[C@@H]5C[C@@H](OC(C)=O)C[C@@H](OC(C)=O)[C@]5(C)[C@H]4CC[C@]3(C)[C@H]1[C@@H]2C. The van der Waals surface area contributed by atoms with Crippen molar-refractivity contribution in [2.75, 3.05) is 6.61 Å². The monoisotopic (exact) mass is 514 g/mol. The predicted molar refractivity (Wildman–Crippen MR) is 138 cm³/mol. The van der Waals surface area contributed by atoms with Crippen LogP contribution in [-0.2, 0) is 28.5 Å². The molecule has 0 aromatic rings. The summed E-state index contributed by atoms with van der Waals surface area (Å²) in [7, 11) is 0. The molecule has 0 unspecified atom stereocenters. The second-order valence-corrected chi connectivity index (χ2v) is 13.9. The number of rotatable bonds is 2. The molecule has 6 fully saturated rings. The van der Waals surface area contributed by atoms with Gasteiger partial charge in [0.15, 0.2) is 5.79 Å². The van der Waals surface area contributed by atoms with Gasteiger partial charge in [0.05, 0.1) is 12.7 Å². The summed E-state index contributed by atoms with van der Waals surface area (Å²) in [6.07, 6.45) is 9.14. The summed E-state index contributed by atoms with van der Waals surface area (Å²) in [5, 5.41) is 0. The van der Waals surface area contributed by atoms with E-state index in [-0.39, 0.29) is 41.1 Å². The Morgan fingerprint density at radius 3 is 2.41 bits per heavy atom. The average Bonchev–Trinajstić information content (AvgIpc) is 3.26.